The second-order valence-corrected chi connectivity index (χ2v) is 2.26. The number of nitro benzene ring substituents is 1. The number of nitro groups is 1. The summed E-state index contributed by atoms with van der Waals surface area (Å²) in [6.45, 7) is 0. The largest absolute Gasteiger partial charge is 0.306 e. The molecule has 0 atom stereocenters. The van der Waals surface area contributed by atoms with Gasteiger partial charge in [0.25, 0.3) is 0 Å². The van der Waals surface area contributed by atoms with Gasteiger partial charge in [-0.3, -0.25) is 10.1 Å². The summed E-state index contributed by atoms with van der Waals surface area (Å²) >= 11 is 0. The van der Waals surface area contributed by atoms with Crippen LogP contribution in [0.25, 0.3) is 0 Å². The van der Waals surface area contributed by atoms with E-state index in [-0.39, 0.29) is 11.0 Å². The average molecular weight is 176 g/mol. The van der Waals surface area contributed by atoms with Crippen molar-refractivity contribution in [2.45, 2.75) is 0 Å². The van der Waals surface area contributed by atoms with Crippen LogP contribution in [0.5, 0.6) is 0 Å². The summed E-state index contributed by atoms with van der Waals surface area (Å²) in [6.07, 6.45) is 0. The van der Waals surface area contributed by atoms with Crippen molar-refractivity contribution in [3.8, 4) is 6.07 Å². The molecule has 0 unspecified atom stereocenters. The highest BCUT2D eigenvalue weighted by atomic mass is 19.1. The molecule has 0 spiro atoms. The molecule has 0 fully saturated rings. The quantitative estimate of drug-likeness (QED) is 0.353. The van der Waals surface area contributed by atoms with Crippen LogP contribution in [0, 0.1) is 27.3 Å². The van der Waals surface area contributed by atoms with E-state index in [9.17, 15) is 14.5 Å². The van der Waals surface area contributed by atoms with Gasteiger partial charge >= 0.3 is 5.69 Å². The van der Waals surface area contributed by atoms with Crippen molar-refractivity contribution in [3.05, 3.63) is 33.6 Å². The molecule has 0 aliphatic carbocycles. The number of halogens is 1. The number of hydrogen-bond donors (Lipinski definition) is 0. The first-order chi connectivity index (χ1) is 6.06. The van der Waals surface area contributed by atoms with Crippen molar-refractivity contribution in [1.82, 2.24) is 0 Å². The van der Waals surface area contributed by atoms with Crippen molar-refractivity contribution >= 4 is 19.0 Å². The number of nitrogens with zero attached hydrogens (tertiary/aromatic N) is 2. The Kier molecular flexibility index (Phi) is 2.28. The highest BCUT2D eigenvalue weighted by Crippen LogP contribution is 2.16. The molecule has 0 N–H and O–H groups in total. The lowest BCUT2D eigenvalue weighted by Crippen LogP contribution is -2.10. The molecule has 6 heteroatoms. The third-order valence-electron chi connectivity index (χ3n) is 1.44. The highest BCUT2D eigenvalue weighted by molar-refractivity contribution is 6.33. The molecular formula is C7H2BFN2O2. The fourth-order valence-corrected chi connectivity index (χ4v) is 0.814. The van der Waals surface area contributed by atoms with E-state index in [1.807, 2.05) is 0 Å². The third kappa shape index (κ3) is 1.64. The first kappa shape index (κ1) is 9.19. The number of hydrogen-bond acceptors (Lipinski definition) is 3. The van der Waals surface area contributed by atoms with Crippen LogP contribution in [0.3, 0.4) is 0 Å². The van der Waals surface area contributed by atoms with E-state index in [0.717, 1.165) is 12.1 Å². The molecule has 0 saturated carbocycles. The van der Waals surface area contributed by atoms with Gasteiger partial charge in [-0.05, 0) is 6.07 Å². The first-order valence-corrected chi connectivity index (χ1v) is 3.19. The summed E-state index contributed by atoms with van der Waals surface area (Å²) in [6, 6.07) is 3.19. The van der Waals surface area contributed by atoms with Gasteiger partial charge < -0.3 is 0 Å². The van der Waals surface area contributed by atoms with Crippen LogP contribution in [0.1, 0.15) is 5.56 Å². The molecule has 2 radical (unpaired) electrons. The molecule has 0 saturated heterocycles. The Morgan fingerprint density at radius 2 is 2.23 bits per heavy atom. The Labute approximate surface area is 74.2 Å². The van der Waals surface area contributed by atoms with Gasteiger partial charge in [0.1, 0.15) is 7.85 Å². The standard InChI is InChI=1S/C7H2BFN2O2/c8-5-2-6(9)7(11(12)13)1-4(5)3-10/h1-2H. The van der Waals surface area contributed by atoms with E-state index < -0.39 is 16.4 Å². The van der Waals surface area contributed by atoms with Crippen LogP contribution < -0.4 is 5.46 Å². The summed E-state index contributed by atoms with van der Waals surface area (Å²) in [5.74, 6) is -1.04. The fraction of sp³-hybridized carbons (Fsp3) is 0. The Balaban J connectivity index is 3.41. The second-order valence-electron chi connectivity index (χ2n) is 2.26. The van der Waals surface area contributed by atoms with Crippen LogP contribution in [-0.4, -0.2) is 12.8 Å². The van der Waals surface area contributed by atoms with E-state index in [4.69, 9.17) is 13.1 Å². The molecule has 1 aromatic carbocycles. The van der Waals surface area contributed by atoms with E-state index in [0.29, 0.717) is 0 Å². The lowest BCUT2D eigenvalue weighted by Gasteiger charge is -1.98. The molecule has 0 bridgehead atoms. The Morgan fingerprint density at radius 1 is 1.62 bits per heavy atom. The van der Waals surface area contributed by atoms with Crippen molar-refractivity contribution in [2.75, 3.05) is 0 Å². The minimum Gasteiger partial charge on any atom is -0.258 e. The number of rotatable bonds is 1. The molecule has 0 aliphatic rings. The van der Waals surface area contributed by atoms with Gasteiger partial charge in [0.2, 0.25) is 0 Å². The topological polar surface area (TPSA) is 66.9 Å². The maximum absolute atomic E-state index is 12.8. The molecular weight excluding hydrogens is 174 g/mol. The van der Waals surface area contributed by atoms with Gasteiger partial charge in [-0.2, -0.15) is 9.65 Å². The van der Waals surface area contributed by atoms with Crippen molar-refractivity contribution in [2.24, 2.45) is 0 Å². The molecule has 0 amide bonds. The molecule has 0 aliphatic heterocycles. The minimum absolute atomic E-state index is 0.104. The smallest absolute Gasteiger partial charge is 0.258 e. The van der Waals surface area contributed by atoms with Gasteiger partial charge in [-0.1, -0.05) is 5.46 Å². The van der Waals surface area contributed by atoms with Gasteiger partial charge in [0, 0.05) is 6.07 Å². The molecule has 0 heterocycles. The van der Waals surface area contributed by atoms with E-state index in [1.54, 1.807) is 6.07 Å². The second kappa shape index (κ2) is 3.23. The Bertz CT molecular complexity index is 414. The molecule has 1 rings (SSSR count). The number of benzene rings is 1. The van der Waals surface area contributed by atoms with Crippen LogP contribution in [0.15, 0.2) is 12.1 Å². The monoisotopic (exact) mass is 176 g/mol. The SMILES string of the molecule is [B]c1cc(F)c([N+](=O)[O-])cc1C#N. The first-order valence-electron chi connectivity index (χ1n) is 3.19. The van der Waals surface area contributed by atoms with Crippen LogP contribution >= 0.6 is 0 Å². The minimum atomic E-state index is -1.04. The maximum Gasteiger partial charge on any atom is 0.306 e. The summed E-state index contributed by atoms with van der Waals surface area (Å²) in [4.78, 5) is 9.31. The Hall–Kier alpha value is -1.90. The van der Waals surface area contributed by atoms with Gasteiger partial charge in [0.15, 0.2) is 5.82 Å². The summed E-state index contributed by atoms with van der Waals surface area (Å²) < 4.78 is 12.8. The molecule has 62 valence electrons. The zero-order chi connectivity index (χ0) is 10.0. The predicted octanol–water partition coefficient (Wildman–Crippen LogP) is 0.399. The van der Waals surface area contributed by atoms with E-state index in [2.05, 4.69) is 0 Å². The van der Waals surface area contributed by atoms with Gasteiger partial charge in [0.05, 0.1) is 16.6 Å². The molecule has 1 aromatic rings. The number of nitriles is 1. The summed E-state index contributed by atoms with van der Waals surface area (Å²) in [5, 5.41) is 18.7. The van der Waals surface area contributed by atoms with Crippen LogP contribution in [0.4, 0.5) is 10.1 Å². The fourth-order valence-electron chi connectivity index (χ4n) is 0.814. The predicted molar refractivity (Wildman–Crippen MR) is 43.2 cm³/mol. The summed E-state index contributed by atoms with van der Waals surface area (Å²) in [5.41, 5.74) is -0.954. The lowest BCUT2D eigenvalue weighted by molar-refractivity contribution is -0.387. The molecule has 4 nitrogen and oxygen atoms in total. The zero-order valence-corrected chi connectivity index (χ0v) is 6.32. The van der Waals surface area contributed by atoms with Gasteiger partial charge in [-0.25, -0.2) is 0 Å². The van der Waals surface area contributed by atoms with Gasteiger partial charge in [-0.15, -0.1) is 0 Å². The third-order valence-corrected chi connectivity index (χ3v) is 1.44. The average Bonchev–Trinajstić information content (AvgIpc) is 2.03. The molecule has 13 heavy (non-hydrogen) atoms. The van der Waals surface area contributed by atoms with E-state index >= 15 is 0 Å². The van der Waals surface area contributed by atoms with Crippen molar-refractivity contribution < 1.29 is 9.31 Å². The maximum atomic E-state index is 12.8. The molecule has 0 aromatic heterocycles. The zero-order valence-electron chi connectivity index (χ0n) is 6.32. The van der Waals surface area contributed by atoms with E-state index in [1.165, 1.54) is 0 Å². The van der Waals surface area contributed by atoms with Crippen LogP contribution in [0.2, 0.25) is 0 Å². The summed E-state index contributed by atoms with van der Waals surface area (Å²) in [7, 11) is 5.22. The van der Waals surface area contributed by atoms with Crippen molar-refractivity contribution in [3.63, 3.8) is 0 Å². The van der Waals surface area contributed by atoms with Crippen molar-refractivity contribution in [1.29, 1.82) is 5.26 Å². The lowest BCUT2D eigenvalue weighted by atomic mass is 9.90. The van der Waals surface area contributed by atoms with Crippen LogP contribution in [-0.2, 0) is 0 Å². The highest BCUT2D eigenvalue weighted by Gasteiger charge is 2.15. The Morgan fingerprint density at radius 3 is 2.69 bits per heavy atom. The normalized spacial score (nSPS) is 9.23.